The Hall–Kier alpha value is -2.03. The molecule has 3 rings (SSSR count). The van der Waals surface area contributed by atoms with Crippen LogP contribution in [0.15, 0.2) is 41.3 Å². The summed E-state index contributed by atoms with van der Waals surface area (Å²) in [5.41, 5.74) is 1.01. The Morgan fingerprint density at radius 3 is 2.41 bits per heavy atom. The lowest BCUT2D eigenvalue weighted by Gasteiger charge is -2.24. The second kappa shape index (κ2) is 11.2. The lowest BCUT2D eigenvalue weighted by Crippen LogP contribution is -2.39. The SMILES string of the molecule is CCN(CC)CCN(C(=O)Cc1ccc(SC(C)C)cc1)c1nc2c(F)cc(F)cc2s1. The summed E-state index contributed by atoms with van der Waals surface area (Å²) in [7, 11) is 0. The molecule has 8 heteroatoms. The minimum Gasteiger partial charge on any atom is -0.302 e. The smallest absolute Gasteiger partial charge is 0.233 e. The fourth-order valence-corrected chi connectivity index (χ4v) is 5.28. The maximum atomic E-state index is 14.2. The number of carbonyl (C=O) groups is 1. The Balaban J connectivity index is 1.85. The number of fused-ring (bicyclic) bond motifs is 1. The Morgan fingerprint density at radius 1 is 1.09 bits per heavy atom. The standard InChI is InChI=1S/C24H29F2N3OS2/c1-5-28(6-2)11-12-29(24-27-23-20(26)14-18(25)15-21(23)32-24)22(30)13-17-7-9-19(10-8-17)31-16(3)4/h7-10,14-16H,5-6,11-13H2,1-4H3. The number of halogens is 2. The van der Waals surface area contributed by atoms with Gasteiger partial charge < -0.3 is 4.90 Å². The minimum absolute atomic E-state index is 0.0992. The number of benzene rings is 2. The quantitative estimate of drug-likeness (QED) is 0.336. The zero-order chi connectivity index (χ0) is 23.3. The first-order valence-electron chi connectivity index (χ1n) is 10.8. The van der Waals surface area contributed by atoms with Crippen LogP contribution in [0.2, 0.25) is 0 Å². The molecule has 0 radical (unpaired) electrons. The van der Waals surface area contributed by atoms with Gasteiger partial charge in [-0.3, -0.25) is 9.69 Å². The van der Waals surface area contributed by atoms with Crippen LogP contribution < -0.4 is 4.90 Å². The molecule has 0 saturated carbocycles. The van der Waals surface area contributed by atoms with Gasteiger partial charge in [0.2, 0.25) is 5.91 Å². The van der Waals surface area contributed by atoms with Gasteiger partial charge in [-0.25, -0.2) is 13.8 Å². The normalized spacial score (nSPS) is 11.6. The Bertz CT molecular complexity index is 1050. The van der Waals surface area contributed by atoms with Gasteiger partial charge in [0.15, 0.2) is 10.9 Å². The second-order valence-electron chi connectivity index (χ2n) is 7.79. The molecule has 172 valence electrons. The first-order valence-corrected chi connectivity index (χ1v) is 12.5. The molecule has 0 bridgehead atoms. The Morgan fingerprint density at radius 2 is 1.78 bits per heavy atom. The summed E-state index contributed by atoms with van der Waals surface area (Å²) in [5.74, 6) is -1.47. The zero-order valence-corrected chi connectivity index (χ0v) is 20.5. The van der Waals surface area contributed by atoms with E-state index in [0.717, 1.165) is 36.1 Å². The molecule has 0 aliphatic heterocycles. The number of amides is 1. The van der Waals surface area contributed by atoms with Crippen LogP contribution in [0, 0.1) is 11.6 Å². The fraction of sp³-hybridized carbons (Fsp3) is 0.417. The average molecular weight is 478 g/mol. The molecule has 1 heterocycles. The molecule has 2 aromatic carbocycles. The fourth-order valence-electron chi connectivity index (χ4n) is 3.40. The van der Waals surface area contributed by atoms with Crippen LogP contribution in [0.1, 0.15) is 33.3 Å². The molecule has 3 aromatic rings. The van der Waals surface area contributed by atoms with Crippen molar-refractivity contribution in [3.63, 3.8) is 0 Å². The summed E-state index contributed by atoms with van der Waals surface area (Å²) < 4.78 is 28.3. The van der Waals surface area contributed by atoms with Crippen molar-refractivity contribution in [2.75, 3.05) is 31.1 Å². The van der Waals surface area contributed by atoms with E-state index in [2.05, 4.69) is 37.6 Å². The average Bonchev–Trinajstić information content (AvgIpc) is 3.16. The van der Waals surface area contributed by atoms with E-state index in [1.54, 1.807) is 16.7 Å². The van der Waals surface area contributed by atoms with Gasteiger partial charge in [-0.1, -0.05) is 51.2 Å². The van der Waals surface area contributed by atoms with Crippen molar-refractivity contribution in [1.82, 2.24) is 9.88 Å². The van der Waals surface area contributed by atoms with Gasteiger partial charge in [0.1, 0.15) is 11.3 Å². The molecule has 1 aromatic heterocycles. The number of thioether (sulfide) groups is 1. The number of likely N-dealkylation sites (N-methyl/N-ethyl adjacent to an activating group) is 1. The molecule has 1 amide bonds. The van der Waals surface area contributed by atoms with Gasteiger partial charge >= 0.3 is 0 Å². The van der Waals surface area contributed by atoms with Crippen molar-refractivity contribution in [1.29, 1.82) is 0 Å². The van der Waals surface area contributed by atoms with Crippen molar-refractivity contribution >= 4 is 44.4 Å². The molecular formula is C24H29F2N3OS2. The number of nitrogens with zero attached hydrogens (tertiary/aromatic N) is 3. The number of aromatic nitrogens is 1. The van der Waals surface area contributed by atoms with Gasteiger partial charge in [-0.15, -0.1) is 11.8 Å². The molecule has 0 spiro atoms. The van der Waals surface area contributed by atoms with E-state index in [0.29, 0.717) is 28.2 Å². The van der Waals surface area contributed by atoms with Crippen molar-refractivity contribution in [3.8, 4) is 0 Å². The predicted octanol–water partition coefficient (Wildman–Crippen LogP) is 5.99. The minimum atomic E-state index is -0.711. The highest BCUT2D eigenvalue weighted by atomic mass is 32.2. The molecule has 0 atom stereocenters. The van der Waals surface area contributed by atoms with Gasteiger partial charge in [0, 0.05) is 29.3 Å². The third kappa shape index (κ3) is 6.27. The summed E-state index contributed by atoms with van der Waals surface area (Å²) in [6, 6.07) is 10.1. The molecule has 0 fully saturated rings. The topological polar surface area (TPSA) is 36.4 Å². The van der Waals surface area contributed by atoms with Gasteiger partial charge in [-0.05, 0) is 36.9 Å². The van der Waals surface area contributed by atoms with E-state index in [4.69, 9.17) is 0 Å². The number of thiazole rings is 1. The van der Waals surface area contributed by atoms with Crippen LogP contribution in [0.4, 0.5) is 13.9 Å². The first kappa shape index (κ1) is 24.6. The highest BCUT2D eigenvalue weighted by Crippen LogP contribution is 2.31. The van der Waals surface area contributed by atoms with Crippen LogP contribution >= 0.6 is 23.1 Å². The molecule has 0 N–H and O–H groups in total. The number of hydrogen-bond acceptors (Lipinski definition) is 5. The molecule has 0 aliphatic carbocycles. The van der Waals surface area contributed by atoms with E-state index in [1.807, 2.05) is 24.3 Å². The van der Waals surface area contributed by atoms with E-state index in [9.17, 15) is 13.6 Å². The van der Waals surface area contributed by atoms with Crippen LogP contribution in [0.3, 0.4) is 0 Å². The first-order chi connectivity index (χ1) is 15.3. The van der Waals surface area contributed by atoms with Crippen LogP contribution in [0.25, 0.3) is 10.2 Å². The van der Waals surface area contributed by atoms with Gasteiger partial charge in [0.05, 0.1) is 11.1 Å². The molecule has 32 heavy (non-hydrogen) atoms. The number of rotatable bonds is 10. The number of carbonyl (C=O) groups excluding carboxylic acids is 1. The zero-order valence-electron chi connectivity index (χ0n) is 18.9. The largest absolute Gasteiger partial charge is 0.302 e. The highest BCUT2D eigenvalue weighted by Gasteiger charge is 2.22. The van der Waals surface area contributed by atoms with Crippen LogP contribution in [0.5, 0.6) is 0 Å². The lowest BCUT2D eigenvalue weighted by molar-refractivity contribution is -0.118. The highest BCUT2D eigenvalue weighted by molar-refractivity contribution is 7.99. The van der Waals surface area contributed by atoms with E-state index in [-0.39, 0.29) is 17.8 Å². The Labute approximate surface area is 196 Å². The summed E-state index contributed by atoms with van der Waals surface area (Å²) >= 11 is 2.92. The molecular weight excluding hydrogens is 448 g/mol. The van der Waals surface area contributed by atoms with Crippen molar-refractivity contribution in [2.24, 2.45) is 0 Å². The summed E-state index contributed by atoms with van der Waals surface area (Å²) in [5, 5.41) is 0.885. The number of hydrogen-bond donors (Lipinski definition) is 0. The summed E-state index contributed by atoms with van der Waals surface area (Å²) in [4.78, 5) is 22.6. The van der Waals surface area contributed by atoms with Crippen molar-refractivity contribution in [3.05, 3.63) is 53.6 Å². The lowest BCUT2D eigenvalue weighted by atomic mass is 10.1. The Kier molecular flexibility index (Phi) is 8.62. The molecule has 4 nitrogen and oxygen atoms in total. The van der Waals surface area contributed by atoms with Crippen molar-refractivity contribution in [2.45, 2.75) is 44.3 Å². The molecule has 0 unspecified atom stereocenters. The third-order valence-corrected chi connectivity index (χ3v) is 7.16. The maximum absolute atomic E-state index is 14.2. The van der Waals surface area contributed by atoms with E-state index in [1.165, 1.54) is 11.0 Å². The van der Waals surface area contributed by atoms with E-state index < -0.39 is 11.6 Å². The second-order valence-corrected chi connectivity index (χ2v) is 10.4. The van der Waals surface area contributed by atoms with Gasteiger partial charge in [-0.2, -0.15) is 0 Å². The summed E-state index contributed by atoms with van der Waals surface area (Å²) in [6.45, 7) is 11.3. The predicted molar refractivity (Wildman–Crippen MR) is 131 cm³/mol. The third-order valence-electron chi connectivity index (χ3n) is 5.12. The van der Waals surface area contributed by atoms with E-state index >= 15 is 0 Å². The van der Waals surface area contributed by atoms with Crippen LogP contribution in [-0.4, -0.2) is 47.2 Å². The summed E-state index contributed by atoms with van der Waals surface area (Å²) in [6.07, 6.45) is 0.220. The molecule has 0 aliphatic rings. The maximum Gasteiger partial charge on any atom is 0.233 e. The molecule has 0 saturated heterocycles. The number of anilines is 1. The monoisotopic (exact) mass is 477 g/mol. The van der Waals surface area contributed by atoms with Gasteiger partial charge in [0.25, 0.3) is 0 Å². The van der Waals surface area contributed by atoms with Crippen molar-refractivity contribution < 1.29 is 13.6 Å². The van der Waals surface area contributed by atoms with Crippen LogP contribution in [-0.2, 0) is 11.2 Å².